The lowest BCUT2D eigenvalue weighted by Crippen LogP contribution is -2.41. The molecule has 0 spiro atoms. The van der Waals surface area contributed by atoms with Gasteiger partial charge in [0.2, 0.25) is 11.7 Å². The summed E-state index contributed by atoms with van der Waals surface area (Å²) in [7, 11) is 0. The molecule has 1 atom stereocenters. The minimum atomic E-state index is -0.516. The van der Waals surface area contributed by atoms with Crippen LogP contribution in [0.4, 0.5) is 0 Å². The van der Waals surface area contributed by atoms with Crippen molar-refractivity contribution in [2.75, 3.05) is 13.1 Å². The zero-order valence-corrected chi connectivity index (χ0v) is 13.8. The number of hydrogen-bond acceptors (Lipinski definition) is 4. The Morgan fingerprint density at radius 2 is 2.17 bits per heavy atom. The maximum atomic E-state index is 12.4. The van der Waals surface area contributed by atoms with Crippen LogP contribution in [0.5, 0.6) is 0 Å². The monoisotopic (exact) mass is 347 g/mol. The first kappa shape index (κ1) is 16.5. The van der Waals surface area contributed by atoms with Crippen LogP contribution < -0.4 is 5.32 Å². The van der Waals surface area contributed by atoms with Gasteiger partial charge in [0, 0.05) is 19.2 Å². The minimum Gasteiger partial charge on any atom is -0.349 e. The van der Waals surface area contributed by atoms with Crippen molar-refractivity contribution >= 4 is 23.4 Å². The summed E-state index contributed by atoms with van der Waals surface area (Å²) in [5, 5.41) is 6.24. The van der Waals surface area contributed by atoms with Gasteiger partial charge in [0.15, 0.2) is 5.15 Å². The molecule has 0 radical (unpaired) electrons. The Balaban J connectivity index is 1.47. The van der Waals surface area contributed by atoms with Crippen molar-refractivity contribution in [1.82, 2.24) is 15.4 Å². The van der Waals surface area contributed by atoms with Crippen LogP contribution in [0.25, 0.3) is 0 Å². The fourth-order valence-corrected chi connectivity index (χ4v) is 2.94. The average Bonchev–Trinajstić information content (AvgIpc) is 3.16. The average molecular weight is 348 g/mol. The van der Waals surface area contributed by atoms with E-state index in [-0.39, 0.29) is 16.8 Å². The molecule has 2 amide bonds. The van der Waals surface area contributed by atoms with E-state index in [1.165, 1.54) is 11.6 Å². The van der Waals surface area contributed by atoms with Gasteiger partial charge >= 0.3 is 0 Å². The molecular weight excluding hydrogens is 330 g/mol. The zero-order valence-electron chi connectivity index (χ0n) is 13.1. The highest BCUT2D eigenvalue weighted by Crippen LogP contribution is 2.15. The maximum absolute atomic E-state index is 12.4. The molecule has 2 heterocycles. The normalized spacial score (nSPS) is 17.3. The van der Waals surface area contributed by atoms with Gasteiger partial charge in [0.05, 0.1) is 0 Å². The number of halogens is 1. The molecule has 6 nitrogen and oxygen atoms in total. The van der Waals surface area contributed by atoms with Gasteiger partial charge in [-0.2, -0.15) is 0 Å². The lowest BCUT2D eigenvalue weighted by atomic mass is 10.1. The molecule has 0 saturated carbocycles. The Hall–Kier alpha value is -2.34. The molecular formula is C17H18ClN3O3. The third-order valence-electron chi connectivity index (χ3n) is 4.04. The number of benzene rings is 1. The summed E-state index contributed by atoms with van der Waals surface area (Å²) in [6.45, 7) is 1.34. The summed E-state index contributed by atoms with van der Waals surface area (Å²) >= 11 is 5.62. The van der Waals surface area contributed by atoms with Crippen molar-refractivity contribution in [2.45, 2.75) is 25.3 Å². The van der Waals surface area contributed by atoms with Crippen LogP contribution in [0.2, 0.25) is 5.15 Å². The van der Waals surface area contributed by atoms with Crippen molar-refractivity contribution in [3.8, 4) is 0 Å². The highest BCUT2D eigenvalue weighted by atomic mass is 35.5. The van der Waals surface area contributed by atoms with Gasteiger partial charge < -0.3 is 14.7 Å². The number of hydrogen-bond donors (Lipinski definition) is 1. The van der Waals surface area contributed by atoms with Gasteiger partial charge in [-0.1, -0.05) is 47.1 Å². The third kappa shape index (κ3) is 3.94. The molecule has 1 N–H and O–H groups in total. The molecule has 0 bridgehead atoms. The lowest BCUT2D eigenvalue weighted by Gasteiger charge is -2.16. The Labute approximate surface area is 144 Å². The van der Waals surface area contributed by atoms with Gasteiger partial charge in [-0.3, -0.25) is 9.59 Å². The van der Waals surface area contributed by atoms with E-state index in [1.807, 2.05) is 18.2 Å². The van der Waals surface area contributed by atoms with E-state index in [1.54, 1.807) is 4.90 Å². The van der Waals surface area contributed by atoms with Crippen LogP contribution in [-0.4, -0.2) is 41.0 Å². The van der Waals surface area contributed by atoms with E-state index in [4.69, 9.17) is 16.1 Å². The summed E-state index contributed by atoms with van der Waals surface area (Å²) < 4.78 is 4.79. The largest absolute Gasteiger partial charge is 0.349 e. The number of rotatable bonds is 6. The molecule has 3 rings (SSSR count). The van der Waals surface area contributed by atoms with Crippen LogP contribution in [0, 0.1) is 0 Å². The van der Waals surface area contributed by atoms with E-state index in [9.17, 15) is 9.59 Å². The number of aryl methyl sites for hydroxylation is 1. The summed E-state index contributed by atoms with van der Waals surface area (Å²) in [6.07, 6.45) is 2.42. The highest BCUT2D eigenvalue weighted by Gasteiger charge is 2.33. The second-order valence-corrected chi connectivity index (χ2v) is 6.13. The van der Waals surface area contributed by atoms with Gasteiger partial charge in [-0.15, -0.1) is 0 Å². The maximum Gasteiger partial charge on any atom is 0.290 e. The number of carbonyl (C=O) groups is 2. The summed E-state index contributed by atoms with van der Waals surface area (Å²) in [6, 6.07) is 11.0. The predicted molar refractivity (Wildman–Crippen MR) is 88.7 cm³/mol. The van der Waals surface area contributed by atoms with Crippen molar-refractivity contribution in [2.24, 2.45) is 0 Å². The summed E-state index contributed by atoms with van der Waals surface area (Å²) in [5.74, 6) is -0.517. The van der Waals surface area contributed by atoms with Crippen LogP contribution in [-0.2, 0) is 11.2 Å². The standard InChI is InChI=1S/C17H18ClN3O3/c18-15-11-14(24-20-15)16(22)19-13-8-10-21(17(13)23)9-4-7-12-5-2-1-3-6-12/h1-3,5-6,11,13H,4,7-10H2,(H,19,22). The number of aromatic nitrogens is 1. The van der Waals surface area contributed by atoms with Gasteiger partial charge in [-0.05, 0) is 24.8 Å². The lowest BCUT2D eigenvalue weighted by molar-refractivity contribution is -0.129. The highest BCUT2D eigenvalue weighted by molar-refractivity contribution is 6.29. The molecule has 1 saturated heterocycles. The topological polar surface area (TPSA) is 75.4 Å². The molecule has 1 fully saturated rings. The number of nitrogens with one attached hydrogen (secondary N) is 1. The SMILES string of the molecule is O=C(NC1CCN(CCCc2ccccc2)C1=O)c1cc(Cl)no1. The Bertz CT molecular complexity index is 717. The Kier molecular flexibility index (Phi) is 5.15. The van der Waals surface area contributed by atoms with E-state index >= 15 is 0 Å². The molecule has 1 unspecified atom stereocenters. The van der Waals surface area contributed by atoms with Crippen LogP contribution in [0.1, 0.15) is 29.0 Å². The predicted octanol–water partition coefficient (Wildman–Crippen LogP) is 2.29. The first-order chi connectivity index (χ1) is 11.6. The summed E-state index contributed by atoms with van der Waals surface area (Å²) in [4.78, 5) is 26.1. The molecule has 2 aromatic rings. The molecule has 7 heteroatoms. The molecule has 1 aromatic heterocycles. The van der Waals surface area contributed by atoms with E-state index < -0.39 is 11.9 Å². The van der Waals surface area contributed by atoms with E-state index in [2.05, 4.69) is 22.6 Å². The zero-order chi connectivity index (χ0) is 16.9. The number of amides is 2. The fraction of sp³-hybridized carbons (Fsp3) is 0.353. The van der Waals surface area contributed by atoms with Crippen molar-refractivity contribution < 1.29 is 14.1 Å². The molecule has 1 aromatic carbocycles. The molecule has 126 valence electrons. The summed E-state index contributed by atoms with van der Waals surface area (Å²) in [5.41, 5.74) is 1.26. The minimum absolute atomic E-state index is 0.00956. The van der Waals surface area contributed by atoms with Crippen molar-refractivity contribution in [3.63, 3.8) is 0 Å². The Morgan fingerprint density at radius 1 is 1.38 bits per heavy atom. The van der Waals surface area contributed by atoms with Gasteiger partial charge in [0.1, 0.15) is 6.04 Å². The molecule has 1 aliphatic heterocycles. The van der Waals surface area contributed by atoms with Crippen LogP contribution in [0.3, 0.4) is 0 Å². The second-order valence-electron chi connectivity index (χ2n) is 5.74. The number of carbonyl (C=O) groups excluding carboxylic acids is 2. The van der Waals surface area contributed by atoms with Crippen LogP contribution >= 0.6 is 11.6 Å². The molecule has 0 aliphatic carbocycles. The number of likely N-dealkylation sites (tertiary alicyclic amines) is 1. The van der Waals surface area contributed by atoms with Crippen molar-refractivity contribution in [1.29, 1.82) is 0 Å². The second kappa shape index (κ2) is 7.49. The van der Waals surface area contributed by atoms with E-state index in [0.717, 1.165) is 12.8 Å². The molecule has 1 aliphatic rings. The quantitative estimate of drug-likeness (QED) is 0.870. The first-order valence-electron chi connectivity index (χ1n) is 7.89. The third-order valence-corrected chi connectivity index (χ3v) is 4.22. The van der Waals surface area contributed by atoms with Crippen molar-refractivity contribution in [3.05, 3.63) is 52.9 Å². The molecule has 24 heavy (non-hydrogen) atoms. The van der Waals surface area contributed by atoms with E-state index in [0.29, 0.717) is 19.5 Å². The van der Waals surface area contributed by atoms with Gasteiger partial charge in [-0.25, -0.2) is 0 Å². The number of nitrogens with zero attached hydrogens (tertiary/aromatic N) is 2. The smallest absolute Gasteiger partial charge is 0.290 e. The Morgan fingerprint density at radius 3 is 2.88 bits per heavy atom. The van der Waals surface area contributed by atoms with Crippen LogP contribution in [0.15, 0.2) is 40.9 Å². The van der Waals surface area contributed by atoms with Gasteiger partial charge in [0.25, 0.3) is 5.91 Å². The first-order valence-corrected chi connectivity index (χ1v) is 8.27. The fourth-order valence-electron chi connectivity index (χ4n) is 2.80.